The van der Waals surface area contributed by atoms with Crippen LogP contribution >= 0.6 is 11.6 Å². The molecule has 5 rings (SSSR count). The zero-order chi connectivity index (χ0) is 35.5. The molecule has 0 aliphatic carbocycles. The molecule has 5 aromatic rings. The molecule has 8 nitrogen and oxygen atoms in total. The predicted molar refractivity (Wildman–Crippen MR) is 198 cm³/mol. The molecule has 2 amide bonds. The van der Waals surface area contributed by atoms with E-state index in [-0.39, 0.29) is 29.5 Å². The minimum absolute atomic E-state index is 0.0336. The highest BCUT2D eigenvalue weighted by Crippen LogP contribution is 2.29. The molecule has 0 heterocycles. The molecule has 0 saturated carbocycles. The number of hydrogen-bond acceptors (Lipinski definition) is 5. The largest absolute Gasteiger partial charge is 0.457 e. The zero-order valence-electron chi connectivity index (χ0n) is 28.0. The van der Waals surface area contributed by atoms with Gasteiger partial charge in [0.05, 0.1) is 10.6 Å². The second-order valence-electron chi connectivity index (χ2n) is 11.9. The number of anilines is 1. The second kappa shape index (κ2) is 17.0. The normalized spacial score (nSPS) is 11.7. The van der Waals surface area contributed by atoms with Gasteiger partial charge in [-0.3, -0.25) is 13.9 Å². The molecule has 50 heavy (non-hydrogen) atoms. The van der Waals surface area contributed by atoms with Gasteiger partial charge in [0.25, 0.3) is 10.0 Å². The average molecular weight is 710 g/mol. The Labute approximate surface area is 299 Å². The summed E-state index contributed by atoms with van der Waals surface area (Å²) in [6, 6.07) is 37.8. The number of sulfonamides is 1. The van der Waals surface area contributed by atoms with Gasteiger partial charge >= 0.3 is 0 Å². The molecule has 1 atom stereocenters. The number of carbonyl (C=O) groups excluding carboxylic acids is 2. The van der Waals surface area contributed by atoms with Crippen molar-refractivity contribution in [1.29, 1.82) is 0 Å². The first-order valence-corrected chi connectivity index (χ1v) is 18.2. The van der Waals surface area contributed by atoms with Crippen LogP contribution in [0.5, 0.6) is 11.5 Å². The first kappa shape index (κ1) is 36.2. The van der Waals surface area contributed by atoms with Crippen molar-refractivity contribution in [2.45, 2.75) is 44.2 Å². The van der Waals surface area contributed by atoms with Gasteiger partial charge < -0.3 is 15.0 Å². The molecule has 0 aromatic heterocycles. The lowest BCUT2D eigenvalue weighted by Gasteiger charge is -2.34. The second-order valence-corrected chi connectivity index (χ2v) is 14.2. The van der Waals surface area contributed by atoms with Crippen LogP contribution in [-0.4, -0.2) is 44.3 Å². The topological polar surface area (TPSA) is 96.0 Å². The van der Waals surface area contributed by atoms with E-state index in [2.05, 4.69) is 5.32 Å². The Morgan fingerprint density at radius 1 is 0.760 bits per heavy atom. The molecule has 0 unspecified atom stereocenters. The molecule has 258 valence electrons. The van der Waals surface area contributed by atoms with Crippen LogP contribution in [-0.2, 0) is 32.6 Å². The van der Waals surface area contributed by atoms with Crippen molar-refractivity contribution in [2.75, 3.05) is 17.4 Å². The zero-order valence-corrected chi connectivity index (χ0v) is 29.6. The Bertz CT molecular complexity index is 1960. The third kappa shape index (κ3) is 9.52. The molecular weight excluding hydrogens is 670 g/mol. The third-order valence-electron chi connectivity index (χ3n) is 8.08. The summed E-state index contributed by atoms with van der Waals surface area (Å²) in [5, 5.41) is 3.49. The third-order valence-corrected chi connectivity index (χ3v) is 10.1. The SMILES string of the molecule is CCCNC(=O)[C@H](Cc1ccccc1)N(Cc1ccc(Cl)cc1)C(=O)CN(c1ccc(Oc2ccccc2)cc1)S(=O)(=O)c1ccc(C)cc1. The van der Waals surface area contributed by atoms with Crippen LogP contribution in [0.2, 0.25) is 5.02 Å². The van der Waals surface area contributed by atoms with Crippen molar-refractivity contribution in [1.82, 2.24) is 10.2 Å². The van der Waals surface area contributed by atoms with Gasteiger partial charge in [-0.15, -0.1) is 0 Å². The van der Waals surface area contributed by atoms with E-state index >= 15 is 0 Å². The Hall–Kier alpha value is -5.12. The van der Waals surface area contributed by atoms with E-state index in [1.54, 1.807) is 60.7 Å². The van der Waals surface area contributed by atoms with Crippen LogP contribution < -0.4 is 14.4 Å². The van der Waals surface area contributed by atoms with Gasteiger partial charge in [0.1, 0.15) is 24.1 Å². The number of carbonyl (C=O) groups is 2. The Kier molecular flexibility index (Phi) is 12.3. The summed E-state index contributed by atoms with van der Waals surface area (Å²) in [6.45, 7) is 3.74. The number of nitrogens with zero attached hydrogens (tertiary/aromatic N) is 2. The molecule has 0 radical (unpaired) electrons. The molecule has 5 aromatic carbocycles. The van der Waals surface area contributed by atoms with Crippen molar-refractivity contribution < 1.29 is 22.7 Å². The highest BCUT2D eigenvalue weighted by Gasteiger charge is 2.34. The van der Waals surface area contributed by atoms with E-state index in [4.69, 9.17) is 16.3 Å². The summed E-state index contributed by atoms with van der Waals surface area (Å²) in [5.41, 5.74) is 2.75. The minimum atomic E-state index is -4.24. The molecule has 0 aliphatic heterocycles. The maximum absolute atomic E-state index is 14.6. The lowest BCUT2D eigenvalue weighted by molar-refractivity contribution is -0.140. The van der Waals surface area contributed by atoms with Gasteiger partial charge in [0, 0.05) is 24.5 Å². The standard InChI is InChI=1S/C40H40ClN3O5S/c1-3-26-42-40(46)38(27-31-10-6-4-7-11-31)43(28-32-16-18-33(41)19-17-32)39(45)29-44(50(47,48)37-24-14-30(2)15-25-37)34-20-22-36(23-21-34)49-35-12-8-5-9-13-35/h4-25,38H,3,26-29H2,1-2H3,(H,42,46)/t38-/m0/s1. The molecule has 0 spiro atoms. The fourth-order valence-corrected chi connectivity index (χ4v) is 6.92. The van der Waals surface area contributed by atoms with Crippen molar-refractivity contribution in [2.24, 2.45) is 0 Å². The van der Waals surface area contributed by atoms with Gasteiger partial charge in [-0.25, -0.2) is 8.42 Å². The number of benzene rings is 5. The minimum Gasteiger partial charge on any atom is -0.457 e. The lowest BCUT2D eigenvalue weighted by atomic mass is 10.0. The number of amides is 2. The summed E-state index contributed by atoms with van der Waals surface area (Å²) in [4.78, 5) is 30.0. The Balaban J connectivity index is 1.55. The van der Waals surface area contributed by atoms with Crippen molar-refractivity contribution in [3.8, 4) is 11.5 Å². The molecular formula is C40H40ClN3O5S. The van der Waals surface area contributed by atoms with Crippen LogP contribution in [0.4, 0.5) is 5.69 Å². The predicted octanol–water partition coefficient (Wildman–Crippen LogP) is 7.80. The highest BCUT2D eigenvalue weighted by molar-refractivity contribution is 7.92. The number of rotatable bonds is 15. The summed E-state index contributed by atoms with van der Waals surface area (Å²) in [5.74, 6) is 0.253. The lowest BCUT2D eigenvalue weighted by Crippen LogP contribution is -2.53. The van der Waals surface area contributed by atoms with E-state index in [1.165, 1.54) is 17.0 Å². The molecule has 1 N–H and O–H groups in total. The van der Waals surface area contributed by atoms with Crippen LogP contribution in [0.15, 0.2) is 138 Å². The van der Waals surface area contributed by atoms with Crippen molar-refractivity contribution >= 4 is 39.1 Å². The Morgan fingerprint density at radius 3 is 1.98 bits per heavy atom. The van der Waals surface area contributed by atoms with E-state index in [1.807, 2.05) is 74.5 Å². The summed E-state index contributed by atoms with van der Waals surface area (Å²) < 4.78 is 35.7. The quantitative estimate of drug-likeness (QED) is 0.120. The van der Waals surface area contributed by atoms with Gasteiger partial charge in [-0.1, -0.05) is 96.9 Å². The molecule has 0 aliphatic rings. The summed E-state index contributed by atoms with van der Waals surface area (Å²) in [7, 11) is -4.24. The van der Waals surface area contributed by atoms with Crippen molar-refractivity contribution in [3.05, 3.63) is 155 Å². The molecule has 0 fully saturated rings. The average Bonchev–Trinajstić information content (AvgIpc) is 3.13. The molecule has 10 heteroatoms. The molecule has 0 bridgehead atoms. The summed E-state index contributed by atoms with van der Waals surface area (Å²) in [6.07, 6.45) is 0.938. The maximum atomic E-state index is 14.6. The highest BCUT2D eigenvalue weighted by atomic mass is 35.5. The van der Waals surface area contributed by atoms with E-state index in [0.717, 1.165) is 21.0 Å². The Morgan fingerprint density at radius 2 is 1.36 bits per heavy atom. The smallest absolute Gasteiger partial charge is 0.264 e. The number of ether oxygens (including phenoxy) is 1. The monoisotopic (exact) mass is 709 g/mol. The number of nitrogens with one attached hydrogen (secondary N) is 1. The van der Waals surface area contributed by atoms with E-state index in [0.29, 0.717) is 29.5 Å². The maximum Gasteiger partial charge on any atom is 0.264 e. The number of halogens is 1. The first-order valence-electron chi connectivity index (χ1n) is 16.4. The van der Waals surface area contributed by atoms with Gasteiger partial charge in [0.2, 0.25) is 11.8 Å². The number of hydrogen-bond donors (Lipinski definition) is 1. The van der Waals surface area contributed by atoms with Crippen molar-refractivity contribution in [3.63, 3.8) is 0 Å². The molecule has 0 saturated heterocycles. The van der Waals surface area contributed by atoms with Crippen LogP contribution in [0.1, 0.15) is 30.0 Å². The fourth-order valence-electron chi connectivity index (χ4n) is 5.38. The van der Waals surface area contributed by atoms with Crippen LogP contribution in [0.3, 0.4) is 0 Å². The fraction of sp³-hybridized carbons (Fsp3) is 0.200. The van der Waals surface area contributed by atoms with E-state index < -0.39 is 28.5 Å². The van der Waals surface area contributed by atoms with Crippen LogP contribution in [0.25, 0.3) is 0 Å². The number of para-hydroxylation sites is 1. The van der Waals surface area contributed by atoms with E-state index in [9.17, 15) is 18.0 Å². The van der Waals surface area contributed by atoms with Crippen LogP contribution in [0, 0.1) is 6.92 Å². The van der Waals surface area contributed by atoms with Gasteiger partial charge in [-0.2, -0.15) is 0 Å². The summed E-state index contributed by atoms with van der Waals surface area (Å²) >= 11 is 6.17. The van der Waals surface area contributed by atoms with Gasteiger partial charge in [0.15, 0.2) is 0 Å². The first-order chi connectivity index (χ1) is 24.1. The van der Waals surface area contributed by atoms with Gasteiger partial charge in [-0.05, 0) is 85.1 Å². The number of aryl methyl sites for hydroxylation is 1.